The standard InChI is InChI=1S/C19H22O7S2/c1-18(2,3)25-16(21)23-12-7-10-11(20)8-15(27)28-14(10)9-13(12)24-17(22)26-19(4,5)6/h7-9,27H,1-6H3. The van der Waals surface area contributed by atoms with E-state index in [2.05, 4.69) is 12.6 Å². The Morgan fingerprint density at radius 2 is 1.32 bits per heavy atom. The second kappa shape index (κ2) is 8.00. The molecule has 152 valence electrons. The van der Waals surface area contributed by atoms with E-state index >= 15 is 0 Å². The SMILES string of the molecule is CC(C)(C)OC(=O)Oc1cc2sc(S)cc(=O)c2cc1OC(=O)OC(C)(C)C. The Morgan fingerprint density at radius 1 is 0.857 bits per heavy atom. The van der Waals surface area contributed by atoms with Gasteiger partial charge in [0.05, 0.1) is 4.21 Å². The minimum atomic E-state index is -0.997. The zero-order chi connectivity index (χ0) is 21.3. The molecule has 0 spiro atoms. The van der Waals surface area contributed by atoms with Gasteiger partial charge in [-0.15, -0.1) is 24.0 Å². The lowest BCUT2D eigenvalue weighted by atomic mass is 10.2. The molecule has 1 heterocycles. The van der Waals surface area contributed by atoms with Gasteiger partial charge in [-0.1, -0.05) is 0 Å². The minimum absolute atomic E-state index is 0.0813. The summed E-state index contributed by atoms with van der Waals surface area (Å²) >= 11 is 5.41. The quantitative estimate of drug-likeness (QED) is 0.402. The molecular weight excluding hydrogens is 404 g/mol. The van der Waals surface area contributed by atoms with Crippen molar-refractivity contribution in [3.05, 3.63) is 28.4 Å². The van der Waals surface area contributed by atoms with Crippen molar-refractivity contribution in [2.24, 2.45) is 0 Å². The van der Waals surface area contributed by atoms with Gasteiger partial charge in [-0.25, -0.2) is 9.59 Å². The number of rotatable bonds is 2. The summed E-state index contributed by atoms with van der Waals surface area (Å²) in [4.78, 5) is 36.4. The van der Waals surface area contributed by atoms with E-state index in [-0.39, 0.29) is 22.3 Å². The topological polar surface area (TPSA) is 88.1 Å². The van der Waals surface area contributed by atoms with Crippen molar-refractivity contribution >= 4 is 46.4 Å². The first-order valence-corrected chi connectivity index (χ1v) is 9.62. The summed E-state index contributed by atoms with van der Waals surface area (Å²) in [6, 6.07) is 4.09. The van der Waals surface area contributed by atoms with Crippen molar-refractivity contribution in [2.45, 2.75) is 57.0 Å². The number of thiol groups is 1. The highest BCUT2D eigenvalue weighted by molar-refractivity contribution is 7.83. The summed E-state index contributed by atoms with van der Waals surface area (Å²) in [6.07, 6.45) is -1.97. The van der Waals surface area contributed by atoms with Crippen molar-refractivity contribution < 1.29 is 28.5 Å². The Kier molecular flexibility index (Phi) is 6.30. The van der Waals surface area contributed by atoms with Crippen LogP contribution in [0, 0.1) is 0 Å². The molecule has 0 fully saturated rings. The Balaban J connectivity index is 2.47. The molecule has 0 bridgehead atoms. The van der Waals surface area contributed by atoms with Crippen molar-refractivity contribution in [1.29, 1.82) is 0 Å². The van der Waals surface area contributed by atoms with Gasteiger partial charge >= 0.3 is 12.3 Å². The fourth-order valence-electron chi connectivity index (χ4n) is 2.03. The van der Waals surface area contributed by atoms with E-state index in [1.807, 2.05) is 0 Å². The summed E-state index contributed by atoms with van der Waals surface area (Å²) in [5.41, 5.74) is -1.87. The molecule has 0 aliphatic carbocycles. The van der Waals surface area contributed by atoms with Gasteiger partial charge in [0.1, 0.15) is 11.2 Å². The maximum atomic E-state index is 12.2. The molecule has 7 nitrogen and oxygen atoms in total. The number of ether oxygens (including phenoxy) is 4. The second-order valence-corrected chi connectivity index (χ2v) is 9.75. The lowest BCUT2D eigenvalue weighted by Gasteiger charge is -2.21. The minimum Gasteiger partial charge on any atom is -0.428 e. The van der Waals surface area contributed by atoms with Crippen LogP contribution in [0.25, 0.3) is 10.1 Å². The molecule has 0 unspecified atom stereocenters. The van der Waals surface area contributed by atoms with Gasteiger partial charge in [0, 0.05) is 22.2 Å². The molecule has 0 atom stereocenters. The summed E-state index contributed by atoms with van der Waals surface area (Å²) in [5, 5.41) is 0.290. The average molecular weight is 427 g/mol. The molecule has 0 radical (unpaired) electrons. The largest absolute Gasteiger partial charge is 0.514 e. The second-order valence-electron chi connectivity index (χ2n) is 7.88. The van der Waals surface area contributed by atoms with Crippen molar-refractivity contribution in [3.8, 4) is 11.5 Å². The fraction of sp³-hybridized carbons (Fsp3) is 0.421. The summed E-state index contributed by atoms with van der Waals surface area (Å²) in [5.74, 6) is -0.217. The molecule has 0 saturated heterocycles. The number of hydrogen-bond donors (Lipinski definition) is 1. The van der Waals surface area contributed by atoms with Gasteiger partial charge in [0.15, 0.2) is 16.9 Å². The summed E-state index contributed by atoms with van der Waals surface area (Å²) < 4.78 is 21.7. The first-order chi connectivity index (χ1) is 12.7. The Bertz CT molecular complexity index is 965. The zero-order valence-electron chi connectivity index (χ0n) is 16.4. The third-order valence-corrected chi connectivity index (χ3v) is 4.23. The van der Waals surface area contributed by atoms with E-state index in [1.165, 1.54) is 29.5 Å². The van der Waals surface area contributed by atoms with Crippen LogP contribution in [-0.2, 0) is 9.47 Å². The Morgan fingerprint density at radius 3 is 1.79 bits per heavy atom. The molecular formula is C19H22O7S2. The van der Waals surface area contributed by atoms with Crippen molar-refractivity contribution in [1.82, 2.24) is 0 Å². The third-order valence-electron chi connectivity index (χ3n) is 2.95. The highest BCUT2D eigenvalue weighted by atomic mass is 32.2. The van der Waals surface area contributed by atoms with Crippen LogP contribution in [0.15, 0.2) is 27.2 Å². The van der Waals surface area contributed by atoms with Gasteiger partial charge in [-0.2, -0.15) is 0 Å². The number of fused-ring (bicyclic) bond motifs is 1. The van der Waals surface area contributed by atoms with Crippen LogP contribution < -0.4 is 14.9 Å². The smallest absolute Gasteiger partial charge is 0.428 e. The summed E-state index contributed by atoms with van der Waals surface area (Å²) in [6.45, 7) is 10.1. The Labute approximate surface area is 172 Å². The van der Waals surface area contributed by atoms with Crippen LogP contribution in [0.4, 0.5) is 9.59 Å². The number of hydrogen-bond acceptors (Lipinski definition) is 9. The molecule has 1 aromatic carbocycles. The highest BCUT2D eigenvalue weighted by Gasteiger charge is 2.24. The molecule has 0 saturated carbocycles. The van der Waals surface area contributed by atoms with Gasteiger partial charge in [0.25, 0.3) is 0 Å². The predicted molar refractivity (Wildman–Crippen MR) is 109 cm³/mol. The van der Waals surface area contributed by atoms with E-state index in [9.17, 15) is 14.4 Å². The zero-order valence-corrected chi connectivity index (χ0v) is 18.2. The molecule has 9 heteroatoms. The van der Waals surface area contributed by atoms with Crippen molar-refractivity contribution in [2.75, 3.05) is 0 Å². The van der Waals surface area contributed by atoms with Crippen LogP contribution >= 0.6 is 24.0 Å². The molecule has 2 rings (SSSR count). The molecule has 28 heavy (non-hydrogen) atoms. The first-order valence-electron chi connectivity index (χ1n) is 8.36. The van der Waals surface area contributed by atoms with Crippen LogP contribution in [0.2, 0.25) is 0 Å². The van der Waals surface area contributed by atoms with E-state index in [1.54, 1.807) is 41.5 Å². The van der Waals surface area contributed by atoms with E-state index in [0.29, 0.717) is 8.91 Å². The maximum absolute atomic E-state index is 12.2. The predicted octanol–water partition coefficient (Wildman–Crippen LogP) is 5.18. The van der Waals surface area contributed by atoms with Crippen LogP contribution in [0.5, 0.6) is 11.5 Å². The average Bonchev–Trinajstić information content (AvgIpc) is 2.44. The van der Waals surface area contributed by atoms with E-state index in [4.69, 9.17) is 18.9 Å². The van der Waals surface area contributed by atoms with Gasteiger partial charge in [0.2, 0.25) is 0 Å². The fourth-order valence-corrected chi connectivity index (χ4v) is 3.27. The summed E-state index contributed by atoms with van der Waals surface area (Å²) in [7, 11) is 0. The monoisotopic (exact) mass is 426 g/mol. The molecule has 0 N–H and O–H groups in total. The van der Waals surface area contributed by atoms with Crippen molar-refractivity contribution in [3.63, 3.8) is 0 Å². The van der Waals surface area contributed by atoms with Crippen LogP contribution in [0.1, 0.15) is 41.5 Å². The molecule has 0 aliphatic heterocycles. The van der Waals surface area contributed by atoms with E-state index < -0.39 is 23.5 Å². The Hall–Kier alpha value is -2.26. The molecule has 1 aromatic heterocycles. The van der Waals surface area contributed by atoms with Crippen LogP contribution in [0.3, 0.4) is 0 Å². The third kappa shape index (κ3) is 6.42. The normalized spacial score (nSPS) is 11.8. The first kappa shape index (κ1) is 22.0. The molecule has 0 amide bonds. The number of carbonyl (C=O) groups is 2. The number of carbonyl (C=O) groups excluding carboxylic acids is 2. The molecule has 2 aromatic rings. The van der Waals surface area contributed by atoms with Gasteiger partial charge in [-0.05, 0) is 47.6 Å². The molecule has 0 aliphatic rings. The lowest BCUT2D eigenvalue weighted by Crippen LogP contribution is -2.27. The van der Waals surface area contributed by atoms with Gasteiger partial charge in [-0.3, -0.25) is 4.79 Å². The van der Waals surface area contributed by atoms with Crippen LogP contribution in [-0.4, -0.2) is 23.5 Å². The number of benzene rings is 1. The maximum Gasteiger partial charge on any atom is 0.514 e. The van der Waals surface area contributed by atoms with Gasteiger partial charge < -0.3 is 18.9 Å². The lowest BCUT2D eigenvalue weighted by molar-refractivity contribution is 0.0138. The van der Waals surface area contributed by atoms with E-state index in [0.717, 1.165) is 0 Å². The highest BCUT2D eigenvalue weighted by Crippen LogP contribution is 2.35.